The number of cyclic esters (lactones) is 1. The maximum absolute atomic E-state index is 12.4. The van der Waals surface area contributed by atoms with Crippen molar-refractivity contribution >= 4 is 71.6 Å². The van der Waals surface area contributed by atoms with Crippen LogP contribution in [0.25, 0.3) is 0 Å². The van der Waals surface area contributed by atoms with Gasteiger partial charge in [0.05, 0.1) is 70.1 Å². The highest BCUT2D eigenvalue weighted by Gasteiger charge is 2.70. The number of esters is 12. The molecule has 8 bridgehead atoms. The van der Waals surface area contributed by atoms with Crippen LogP contribution < -0.4 is 0 Å². The second-order valence-electron chi connectivity index (χ2n) is 41.0. The molecular formula is C91H136O29. The maximum Gasteiger partial charge on any atom is 0.350 e. The Kier molecular flexibility index (Phi) is 28.2. The fraction of sp³-hybridized carbons (Fsp3) is 0.846. The zero-order valence-corrected chi connectivity index (χ0v) is 74.5. The van der Waals surface area contributed by atoms with E-state index in [0.717, 1.165) is 99.9 Å². The molecule has 120 heavy (non-hydrogen) atoms. The van der Waals surface area contributed by atoms with E-state index in [1.165, 1.54) is 32.8 Å². The third kappa shape index (κ3) is 19.2. The molecule has 0 aromatic heterocycles. The molecule has 18 aliphatic rings. The first-order chi connectivity index (χ1) is 56.0. The van der Waals surface area contributed by atoms with Crippen LogP contribution in [0.5, 0.6) is 0 Å². The molecular weight excluding hydrogens is 1560 g/mol. The van der Waals surface area contributed by atoms with Crippen molar-refractivity contribution in [2.45, 2.75) is 364 Å². The Labute approximate surface area is 706 Å². The molecule has 0 amide bonds. The largest absolute Gasteiger partial charge is 0.469 e. The van der Waals surface area contributed by atoms with Crippen LogP contribution in [-0.2, 0) is 129 Å². The van der Waals surface area contributed by atoms with Gasteiger partial charge in [-0.25, -0.2) is 19.2 Å². The minimum atomic E-state index is -1.44. The van der Waals surface area contributed by atoms with Gasteiger partial charge in [0, 0.05) is 30.6 Å². The van der Waals surface area contributed by atoms with E-state index in [2.05, 4.69) is 4.74 Å². The number of allylic oxidation sites excluding steroid dienone is 1. The summed E-state index contributed by atoms with van der Waals surface area (Å²) in [5.41, 5.74) is -3.64. The van der Waals surface area contributed by atoms with Gasteiger partial charge in [-0.3, -0.25) is 38.4 Å². The smallest absolute Gasteiger partial charge is 0.350 e. The predicted octanol–water partition coefficient (Wildman–Crippen LogP) is 11.6. The lowest BCUT2D eigenvalue weighted by Crippen LogP contribution is -2.49. The fourth-order valence-electron chi connectivity index (χ4n) is 20.6. The Morgan fingerprint density at radius 2 is 0.950 bits per heavy atom. The van der Waals surface area contributed by atoms with E-state index >= 15 is 0 Å². The molecule has 9 heterocycles. The van der Waals surface area contributed by atoms with Gasteiger partial charge >= 0.3 is 71.6 Å². The Bertz CT molecular complexity index is 3820. The number of hydrogen-bond donors (Lipinski definition) is 2. The molecule has 8 saturated carbocycles. The number of carbonyl (C=O) groups is 12. The summed E-state index contributed by atoms with van der Waals surface area (Å²) in [7, 11) is 1.42. The fourth-order valence-corrected chi connectivity index (χ4v) is 20.6. The zero-order chi connectivity index (χ0) is 88.4. The molecule has 28 unspecified atom stereocenters. The van der Waals surface area contributed by atoms with Crippen LogP contribution >= 0.6 is 0 Å². The average Bonchev–Trinajstić information content (AvgIpc) is 1.53. The van der Waals surface area contributed by atoms with Gasteiger partial charge in [-0.2, -0.15) is 0 Å². The summed E-state index contributed by atoms with van der Waals surface area (Å²) >= 11 is 0. The van der Waals surface area contributed by atoms with Crippen molar-refractivity contribution in [2.75, 3.05) is 13.7 Å². The Balaban J connectivity index is 0.000000138. The number of ether oxygens (including phenoxy) is 15. The lowest BCUT2D eigenvalue weighted by atomic mass is 9.64. The standard InChI is InChI=1S/C16H24O6.C16H24O4.C14H18O2.C13H20O4.C13H18O4.C12H18O7.C7H14O2/c1-6-15(2,3)14(18)20-11-8-7-9-12(10(8)19-13(11)17)22-16(4,5)21-9;1-4-15(2,3)14(18)20-16-7-10-5-11(8-16)13(17)19-12(6-10)9-16;15-14-13-9-4-8(10(13)5-16-14)11-6-1-2-7(3-6)12(9)11;2*1-4-13(2,3)12(15)17-10-8-6-5-7-9(8)16-11(10)14;1-4-12(2,3)11(16)19-8-7-6(17-10(8)15)5(13)9(14)18-7;1-5-7(2,3)6(8)9-4/h8-12H,6-7H2,1-5H3;10-12H,4-9H2,1-3H3;6-13H,1-5H2;8-10H,4-7H2,1-3H3;5,7-10H,4,6H2,1-3H3;5-9,13-14H,4H2,1-3H3;5H2,1-4H3. The SMILES string of the molecule is CCC(C)(C)C(=O)OC.CCC(C)(C)C(=O)OC12CC3CC(C1)OC(=O)C(C3)C2.CCC(C)(C)C(=O)OC1C(=O)OC2C(O)C(O)OC12.CCC(C)(C)C(=O)OC1C(=O)OC2C1CC1OC(C)(C)OC12.CCC(C)(C)C(=O)OC1C(=O)OC2C=CCC21.CCC(C)(C)C(=O)OC1C(=O)OC2CCCC21.O=C1OCC2C3CC(C12)C1C2CCC(C2)C31. The summed E-state index contributed by atoms with van der Waals surface area (Å²) in [6.07, 6.45) is 12.9. The van der Waals surface area contributed by atoms with Crippen LogP contribution in [0, 0.1) is 109 Å². The third-order valence-corrected chi connectivity index (χ3v) is 30.3. The highest BCUT2D eigenvalue weighted by molar-refractivity contribution is 5.87. The first kappa shape index (κ1) is 93.9. The van der Waals surface area contributed by atoms with Crippen molar-refractivity contribution in [1.29, 1.82) is 0 Å². The molecule has 17 fully saturated rings. The first-order valence-corrected chi connectivity index (χ1v) is 44.4. The molecule has 0 spiro atoms. The van der Waals surface area contributed by atoms with Gasteiger partial charge in [0.15, 0.2) is 18.2 Å². The van der Waals surface area contributed by atoms with Crippen molar-refractivity contribution in [2.24, 2.45) is 109 Å². The molecule has 9 aliphatic heterocycles. The quantitative estimate of drug-likeness (QED) is 0.0591. The Morgan fingerprint density at radius 3 is 1.51 bits per heavy atom. The Morgan fingerprint density at radius 1 is 0.450 bits per heavy atom. The third-order valence-electron chi connectivity index (χ3n) is 30.3. The van der Waals surface area contributed by atoms with Crippen LogP contribution in [0.1, 0.15) is 267 Å². The van der Waals surface area contributed by atoms with E-state index in [9.17, 15) is 67.7 Å². The molecule has 2 N–H and O–H groups in total. The van der Waals surface area contributed by atoms with Crippen molar-refractivity contribution in [3.8, 4) is 0 Å². The van der Waals surface area contributed by atoms with Crippen LogP contribution in [0.4, 0.5) is 0 Å². The van der Waals surface area contributed by atoms with E-state index in [0.29, 0.717) is 62.7 Å². The predicted molar refractivity (Wildman–Crippen MR) is 425 cm³/mol. The number of aliphatic hydroxyl groups is 2. The van der Waals surface area contributed by atoms with Crippen LogP contribution in [0.2, 0.25) is 0 Å². The van der Waals surface area contributed by atoms with Gasteiger partial charge in [0.2, 0.25) is 24.4 Å². The van der Waals surface area contributed by atoms with Crippen molar-refractivity contribution in [3.05, 3.63) is 12.2 Å². The van der Waals surface area contributed by atoms with Crippen molar-refractivity contribution in [1.82, 2.24) is 0 Å². The second-order valence-corrected chi connectivity index (χ2v) is 41.0. The zero-order valence-electron chi connectivity index (χ0n) is 74.5. The van der Waals surface area contributed by atoms with Gasteiger partial charge in [-0.05, 0) is 260 Å². The lowest BCUT2D eigenvalue weighted by molar-refractivity contribution is -0.185. The van der Waals surface area contributed by atoms with Gasteiger partial charge in [-0.1, -0.05) is 47.6 Å². The summed E-state index contributed by atoms with van der Waals surface area (Å²) in [5, 5.41) is 18.9. The molecule has 9 aliphatic carbocycles. The molecule has 0 radical (unpaired) electrons. The molecule has 29 heteroatoms. The monoisotopic (exact) mass is 1690 g/mol. The summed E-state index contributed by atoms with van der Waals surface area (Å²) < 4.78 is 80.1. The first-order valence-electron chi connectivity index (χ1n) is 44.4. The number of rotatable bonds is 17. The number of hydrogen-bond acceptors (Lipinski definition) is 29. The van der Waals surface area contributed by atoms with Gasteiger partial charge in [0.25, 0.3) is 0 Å². The molecule has 29 nitrogen and oxygen atoms in total. The van der Waals surface area contributed by atoms with E-state index in [4.69, 9.17) is 66.3 Å². The number of methoxy groups -OCH3 is 1. The summed E-state index contributed by atoms with van der Waals surface area (Å²) in [6.45, 7) is 37.9. The average molecular weight is 1690 g/mol. The molecule has 18 rings (SSSR count). The van der Waals surface area contributed by atoms with E-state index in [1.54, 1.807) is 13.8 Å². The lowest BCUT2D eigenvalue weighted by Gasteiger charge is -2.46. The van der Waals surface area contributed by atoms with Gasteiger partial charge < -0.3 is 81.3 Å². The van der Waals surface area contributed by atoms with Crippen molar-refractivity contribution in [3.63, 3.8) is 0 Å². The number of aliphatic hydroxyl groups excluding tert-OH is 2. The second kappa shape index (κ2) is 36.0. The number of carbonyl (C=O) groups excluding carboxylic acids is 12. The summed E-state index contributed by atoms with van der Waals surface area (Å²) in [5.74, 6) is 2.36. The molecule has 674 valence electrons. The maximum atomic E-state index is 12.4. The van der Waals surface area contributed by atoms with E-state index in [1.807, 2.05) is 137 Å². The van der Waals surface area contributed by atoms with E-state index < -0.39 is 111 Å². The normalized spacial score (nSPS) is 38.2. The number of fused-ring (bicyclic) bond motifs is 19. The summed E-state index contributed by atoms with van der Waals surface area (Å²) in [6, 6.07) is 0. The highest BCUT2D eigenvalue weighted by atomic mass is 16.8. The minimum Gasteiger partial charge on any atom is -0.469 e. The van der Waals surface area contributed by atoms with Gasteiger partial charge in [0.1, 0.15) is 48.3 Å². The topological polar surface area (TPSA) is 384 Å². The van der Waals surface area contributed by atoms with Crippen LogP contribution in [-0.4, -0.2) is 193 Å². The minimum absolute atomic E-state index is 0.0231. The molecule has 28 atom stereocenters. The van der Waals surface area contributed by atoms with Gasteiger partial charge in [-0.15, -0.1) is 0 Å². The molecule has 9 saturated heterocycles. The van der Waals surface area contributed by atoms with E-state index in [-0.39, 0.29) is 113 Å². The highest BCUT2D eigenvalue weighted by Crippen LogP contribution is 2.71. The van der Waals surface area contributed by atoms with Crippen LogP contribution in [0.3, 0.4) is 0 Å². The molecule has 0 aromatic rings. The molecule has 0 aromatic carbocycles. The Hall–Kier alpha value is -6.82. The summed E-state index contributed by atoms with van der Waals surface area (Å²) in [4.78, 5) is 142. The van der Waals surface area contributed by atoms with Crippen LogP contribution in [0.15, 0.2) is 12.2 Å². The van der Waals surface area contributed by atoms with Crippen molar-refractivity contribution < 1.29 is 139 Å².